The molecule has 0 unspecified atom stereocenters. The van der Waals surface area contributed by atoms with E-state index in [-0.39, 0.29) is 23.2 Å². The third-order valence-corrected chi connectivity index (χ3v) is 4.16. The van der Waals surface area contributed by atoms with Crippen LogP contribution in [0.4, 0.5) is 18.9 Å². The van der Waals surface area contributed by atoms with Crippen LogP contribution in [0.3, 0.4) is 0 Å². The molecule has 0 aliphatic carbocycles. The minimum Gasteiger partial charge on any atom is -0.326 e. The number of sulfonamides is 1. The van der Waals surface area contributed by atoms with E-state index in [9.17, 15) is 26.4 Å². The molecule has 0 fully saturated rings. The van der Waals surface area contributed by atoms with Crippen molar-refractivity contribution in [1.82, 2.24) is 10.0 Å². The van der Waals surface area contributed by atoms with Crippen molar-refractivity contribution in [3.8, 4) is 0 Å². The molecule has 1 amide bonds. The molecule has 0 bridgehead atoms. The zero-order chi connectivity index (χ0) is 17.5. The molecule has 24 heavy (non-hydrogen) atoms. The quantitative estimate of drug-likeness (QED) is 0.592. The van der Waals surface area contributed by atoms with Crippen LogP contribution in [-0.4, -0.2) is 40.6 Å². The predicted octanol–water partition coefficient (Wildman–Crippen LogP) is 1.89. The van der Waals surface area contributed by atoms with Crippen molar-refractivity contribution in [3.63, 3.8) is 0 Å². The Morgan fingerprint density at radius 2 is 1.75 bits per heavy atom. The second kappa shape index (κ2) is 9.82. The summed E-state index contributed by atoms with van der Waals surface area (Å²) in [5.74, 6) is -0.231. The van der Waals surface area contributed by atoms with Gasteiger partial charge in [0.05, 0.1) is 4.90 Å². The van der Waals surface area contributed by atoms with E-state index in [0.29, 0.717) is 25.1 Å². The summed E-state index contributed by atoms with van der Waals surface area (Å²) in [6.07, 6.45) is -3.68. The number of rotatable bonds is 8. The largest absolute Gasteiger partial charge is 0.402 e. The highest BCUT2D eigenvalue weighted by Crippen LogP contribution is 2.17. The molecule has 0 atom stereocenters. The number of halogens is 4. The van der Waals surface area contributed by atoms with E-state index in [2.05, 4.69) is 10.6 Å². The molecule has 138 valence electrons. The van der Waals surface area contributed by atoms with Crippen molar-refractivity contribution in [3.05, 3.63) is 24.3 Å². The third-order valence-electron chi connectivity index (χ3n) is 2.74. The van der Waals surface area contributed by atoms with Crippen LogP contribution in [0, 0.1) is 0 Å². The first-order valence-electron chi connectivity index (χ1n) is 6.75. The highest BCUT2D eigenvalue weighted by molar-refractivity contribution is 7.89. The minimum absolute atomic E-state index is 0. The van der Waals surface area contributed by atoms with E-state index in [1.807, 2.05) is 0 Å². The topological polar surface area (TPSA) is 87.3 Å². The number of anilines is 1. The van der Waals surface area contributed by atoms with Gasteiger partial charge in [0.25, 0.3) is 0 Å². The van der Waals surface area contributed by atoms with Gasteiger partial charge in [0, 0.05) is 12.1 Å². The maximum absolute atomic E-state index is 12.1. The number of amides is 1. The number of nitrogens with one attached hydrogen (secondary N) is 3. The van der Waals surface area contributed by atoms with E-state index >= 15 is 0 Å². The molecule has 11 heteroatoms. The van der Waals surface area contributed by atoms with Gasteiger partial charge in [-0.25, -0.2) is 13.1 Å². The zero-order valence-electron chi connectivity index (χ0n) is 12.8. The Balaban J connectivity index is 0.00000529. The van der Waals surface area contributed by atoms with Crippen LogP contribution in [0.5, 0.6) is 0 Å². The summed E-state index contributed by atoms with van der Waals surface area (Å²) in [5.41, 5.74) is 0.370. The molecule has 0 radical (unpaired) electrons. The van der Waals surface area contributed by atoms with Crippen molar-refractivity contribution in [1.29, 1.82) is 0 Å². The van der Waals surface area contributed by atoms with E-state index in [4.69, 9.17) is 0 Å². The van der Waals surface area contributed by atoms with Crippen LogP contribution in [0.15, 0.2) is 29.2 Å². The summed E-state index contributed by atoms with van der Waals surface area (Å²) in [7, 11) is -2.48. The molecule has 3 N–H and O–H groups in total. The van der Waals surface area contributed by atoms with Crippen molar-refractivity contribution < 1.29 is 26.4 Å². The molecule has 0 saturated carbocycles. The van der Waals surface area contributed by atoms with E-state index in [0.717, 1.165) is 12.1 Å². The van der Waals surface area contributed by atoms with Gasteiger partial charge in [0.15, 0.2) is 0 Å². The van der Waals surface area contributed by atoms with Crippen LogP contribution in [-0.2, 0) is 14.8 Å². The number of carbonyl (C=O) groups excluding carboxylic acids is 1. The van der Waals surface area contributed by atoms with Crippen molar-refractivity contribution in [2.24, 2.45) is 0 Å². The van der Waals surface area contributed by atoms with Crippen molar-refractivity contribution >= 4 is 34.0 Å². The van der Waals surface area contributed by atoms with Gasteiger partial charge < -0.3 is 10.6 Å². The fraction of sp³-hybridized carbons (Fsp3) is 0.462. The SMILES string of the molecule is CNCCCC(=O)Nc1ccc(S(=O)(=O)NCC(F)(F)F)cc1.Cl. The highest BCUT2D eigenvalue weighted by atomic mass is 35.5. The molecule has 0 aliphatic heterocycles. The van der Waals surface area contributed by atoms with Gasteiger partial charge in [-0.05, 0) is 44.3 Å². The third kappa shape index (κ3) is 8.48. The lowest BCUT2D eigenvalue weighted by molar-refractivity contribution is -0.121. The lowest BCUT2D eigenvalue weighted by Gasteiger charge is -2.10. The van der Waals surface area contributed by atoms with Crippen LogP contribution in [0.2, 0.25) is 0 Å². The fourth-order valence-electron chi connectivity index (χ4n) is 1.63. The molecule has 0 spiro atoms. The second-order valence-corrected chi connectivity index (χ2v) is 6.49. The minimum atomic E-state index is -4.63. The number of hydrogen-bond acceptors (Lipinski definition) is 4. The second-order valence-electron chi connectivity index (χ2n) is 4.72. The van der Waals surface area contributed by atoms with Gasteiger partial charge in [-0.2, -0.15) is 13.2 Å². The van der Waals surface area contributed by atoms with Crippen LogP contribution in [0.25, 0.3) is 0 Å². The molecule has 0 saturated heterocycles. The Labute approximate surface area is 144 Å². The Bertz CT molecular complexity index is 622. The summed E-state index contributed by atoms with van der Waals surface area (Å²) < 4.78 is 61.0. The van der Waals surface area contributed by atoms with Gasteiger partial charge in [-0.3, -0.25) is 4.79 Å². The average molecular weight is 390 g/mol. The number of hydrogen-bond donors (Lipinski definition) is 3. The first-order valence-corrected chi connectivity index (χ1v) is 8.23. The van der Waals surface area contributed by atoms with Crippen molar-refractivity contribution in [2.75, 3.05) is 25.5 Å². The van der Waals surface area contributed by atoms with Crippen LogP contribution >= 0.6 is 12.4 Å². The normalized spacial score (nSPS) is 11.7. The molecule has 1 aromatic rings. The fourth-order valence-corrected chi connectivity index (χ4v) is 2.64. The summed E-state index contributed by atoms with van der Waals surface area (Å²) >= 11 is 0. The smallest absolute Gasteiger partial charge is 0.326 e. The molecule has 1 rings (SSSR count). The maximum Gasteiger partial charge on any atom is 0.402 e. The van der Waals surface area contributed by atoms with Crippen LogP contribution < -0.4 is 15.4 Å². The van der Waals surface area contributed by atoms with Gasteiger partial charge >= 0.3 is 6.18 Å². The average Bonchev–Trinajstić information content (AvgIpc) is 2.45. The molecule has 0 aromatic heterocycles. The molecule has 6 nitrogen and oxygen atoms in total. The van der Waals surface area contributed by atoms with E-state index in [1.54, 1.807) is 7.05 Å². The van der Waals surface area contributed by atoms with Crippen LogP contribution in [0.1, 0.15) is 12.8 Å². The number of carbonyl (C=O) groups is 1. The highest BCUT2D eigenvalue weighted by Gasteiger charge is 2.30. The lowest BCUT2D eigenvalue weighted by atomic mass is 10.2. The standard InChI is InChI=1S/C13H18F3N3O3S.ClH/c1-17-8-2-3-12(20)19-10-4-6-11(7-5-10)23(21,22)18-9-13(14,15)16;/h4-7,17-18H,2-3,8-9H2,1H3,(H,19,20);1H. The monoisotopic (exact) mass is 389 g/mol. The summed E-state index contributed by atoms with van der Waals surface area (Å²) in [6.45, 7) is -0.950. The Morgan fingerprint density at radius 1 is 1.17 bits per heavy atom. The number of benzene rings is 1. The van der Waals surface area contributed by atoms with E-state index in [1.165, 1.54) is 16.9 Å². The Hall–Kier alpha value is -1.36. The summed E-state index contributed by atoms with van der Waals surface area (Å²) in [6, 6.07) is 4.89. The number of alkyl halides is 3. The molecular formula is C13H19ClF3N3O3S. The van der Waals surface area contributed by atoms with E-state index < -0.39 is 22.7 Å². The van der Waals surface area contributed by atoms with Gasteiger partial charge in [-0.1, -0.05) is 0 Å². The Kier molecular flexibility index (Phi) is 9.26. The predicted molar refractivity (Wildman–Crippen MR) is 86.7 cm³/mol. The molecular weight excluding hydrogens is 371 g/mol. The zero-order valence-corrected chi connectivity index (χ0v) is 14.4. The van der Waals surface area contributed by atoms with Gasteiger partial charge in [0.2, 0.25) is 15.9 Å². The summed E-state index contributed by atoms with van der Waals surface area (Å²) in [4.78, 5) is 11.3. The molecule has 0 aliphatic rings. The Morgan fingerprint density at radius 3 is 2.25 bits per heavy atom. The first-order chi connectivity index (χ1) is 10.6. The maximum atomic E-state index is 12.1. The van der Waals surface area contributed by atoms with Gasteiger partial charge in [-0.15, -0.1) is 12.4 Å². The van der Waals surface area contributed by atoms with Gasteiger partial charge in [0.1, 0.15) is 6.54 Å². The molecule has 1 aromatic carbocycles. The molecule has 0 heterocycles. The lowest BCUT2D eigenvalue weighted by Crippen LogP contribution is -2.33. The van der Waals surface area contributed by atoms with Crippen molar-refractivity contribution in [2.45, 2.75) is 23.9 Å². The first kappa shape index (κ1) is 22.6. The summed E-state index contributed by atoms with van der Waals surface area (Å²) in [5, 5.41) is 5.47.